The molecule has 10 aromatic rings. The van der Waals surface area contributed by atoms with E-state index in [2.05, 4.69) is 205 Å². The SMILES string of the molecule is Oc1c(-c2ccccc2)ccc(N(c2ccc3oc4cc(-c5ccccc5)ccc4c3c2)c2c(C3=CCCC=C3)cccc2-c2ccccc2)c1-c1ccc(-c2ccccc2)cc1. The second-order valence-electron chi connectivity index (χ2n) is 16.1. The lowest BCUT2D eigenvalue weighted by atomic mass is 9.90. The number of phenolic OH excluding ortho intramolecular Hbond substituents is 1. The summed E-state index contributed by atoms with van der Waals surface area (Å²) in [5, 5.41) is 14.9. The maximum atomic E-state index is 12.8. The van der Waals surface area contributed by atoms with Gasteiger partial charge in [0.05, 0.1) is 11.4 Å². The van der Waals surface area contributed by atoms with Crippen molar-refractivity contribution in [3.63, 3.8) is 0 Å². The van der Waals surface area contributed by atoms with Crippen LogP contribution in [0.3, 0.4) is 0 Å². The van der Waals surface area contributed by atoms with Crippen molar-refractivity contribution in [2.75, 3.05) is 4.90 Å². The lowest BCUT2D eigenvalue weighted by Crippen LogP contribution is -2.15. The van der Waals surface area contributed by atoms with E-state index in [1.165, 1.54) is 5.57 Å². The Balaban J connectivity index is 1.20. The average Bonchev–Trinajstić information content (AvgIpc) is 3.73. The fraction of sp³-hybridized carbons (Fsp3) is 0.0333. The van der Waals surface area contributed by atoms with Gasteiger partial charge in [0, 0.05) is 38.7 Å². The maximum Gasteiger partial charge on any atom is 0.136 e. The number of rotatable bonds is 9. The van der Waals surface area contributed by atoms with E-state index in [1.807, 2.05) is 30.3 Å². The molecule has 300 valence electrons. The summed E-state index contributed by atoms with van der Waals surface area (Å²) in [6.45, 7) is 0. The van der Waals surface area contributed by atoms with Crippen LogP contribution in [0.5, 0.6) is 5.75 Å². The van der Waals surface area contributed by atoms with Gasteiger partial charge < -0.3 is 14.4 Å². The highest BCUT2D eigenvalue weighted by Gasteiger charge is 2.28. The molecule has 63 heavy (non-hydrogen) atoms. The summed E-state index contributed by atoms with van der Waals surface area (Å²) in [6, 6.07) is 74.1. The lowest BCUT2D eigenvalue weighted by molar-refractivity contribution is 0.479. The largest absolute Gasteiger partial charge is 0.507 e. The number of benzene rings is 9. The zero-order valence-electron chi connectivity index (χ0n) is 34.7. The van der Waals surface area contributed by atoms with Gasteiger partial charge in [-0.15, -0.1) is 0 Å². The molecule has 1 N–H and O–H groups in total. The van der Waals surface area contributed by atoms with Gasteiger partial charge in [-0.25, -0.2) is 0 Å². The molecule has 0 spiro atoms. The Bertz CT molecular complexity index is 3310. The Morgan fingerprint density at radius 3 is 1.67 bits per heavy atom. The summed E-state index contributed by atoms with van der Waals surface area (Å²) in [5.41, 5.74) is 16.8. The van der Waals surface area contributed by atoms with Crippen LogP contribution in [0.25, 0.3) is 83.1 Å². The van der Waals surface area contributed by atoms with E-state index in [1.54, 1.807) is 0 Å². The quantitative estimate of drug-likeness (QED) is 0.158. The van der Waals surface area contributed by atoms with Crippen LogP contribution in [-0.2, 0) is 0 Å². The van der Waals surface area contributed by atoms with E-state index in [0.717, 1.165) is 113 Å². The van der Waals surface area contributed by atoms with Crippen molar-refractivity contribution in [3.8, 4) is 61.4 Å². The molecule has 0 unspecified atom stereocenters. The van der Waals surface area contributed by atoms with Crippen LogP contribution in [-0.4, -0.2) is 5.11 Å². The number of allylic oxidation sites excluding steroid dienone is 4. The molecule has 1 aromatic heterocycles. The van der Waals surface area contributed by atoms with Gasteiger partial charge in [-0.05, 0) is 99.8 Å². The fourth-order valence-electron chi connectivity index (χ4n) is 9.15. The molecule has 0 bridgehead atoms. The highest BCUT2D eigenvalue weighted by Crippen LogP contribution is 2.53. The number of aromatic hydroxyl groups is 1. The molecule has 1 aliphatic rings. The average molecular weight is 810 g/mol. The number of hydrogen-bond donors (Lipinski definition) is 1. The van der Waals surface area contributed by atoms with Crippen molar-refractivity contribution in [1.29, 1.82) is 0 Å². The Labute approximate surface area is 367 Å². The van der Waals surface area contributed by atoms with Crippen molar-refractivity contribution in [2.45, 2.75) is 12.8 Å². The molecule has 3 heteroatoms. The summed E-state index contributed by atoms with van der Waals surface area (Å²) in [5.74, 6) is 0.218. The summed E-state index contributed by atoms with van der Waals surface area (Å²) in [6.07, 6.45) is 8.85. The lowest BCUT2D eigenvalue weighted by Gasteiger charge is -2.33. The first-order valence-corrected chi connectivity index (χ1v) is 21.6. The Morgan fingerprint density at radius 1 is 0.413 bits per heavy atom. The van der Waals surface area contributed by atoms with E-state index >= 15 is 0 Å². The summed E-state index contributed by atoms with van der Waals surface area (Å²) >= 11 is 0. The van der Waals surface area contributed by atoms with Gasteiger partial charge in [-0.1, -0.05) is 188 Å². The molecule has 1 aliphatic carbocycles. The van der Waals surface area contributed by atoms with E-state index in [0.29, 0.717) is 0 Å². The van der Waals surface area contributed by atoms with Crippen molar-refractivity contribution in [3.05, 3.63) is 236 Å². The van der Waals surface area contributed by atoms with Crippen LogP contribution >= 0.6 is 0 Å². The van der Waals surface area contributed by atoms with Crippen molar-refractivity contribution in [2.24, 2.45) is 0 Å². The molecular formula is C60H43NO2. The summed E-state index contributed by atoms with van der Waals surface area (Å²) in [4.78, 5) is 2.37. The predicted molar refractivity (Wildman–Crippen MR) is 264 cm³/mol. The highest BCUT2D eigenvalue weighted by molar-refractivity contribution is 6.09. The number of nitrogens with zero attached hydrogens (tertiary/aromatic N) is 1. The number of anilines is 3. The summed E-state index contributed by atoms with van der Waals surface area (Å²) < 4.78 is 6.62. The topological polar surface area (TPSA) is 36.6 Å². The minimum atomic E-state index is 0.218. The molecule has 0 aliphatic heterocycles. The zero-order chi connectivity index (χ0) is 42.1. The van der Waals surface area contributed by atoms with Crippen molar-refractivity contribution >= 4 is 44.6 Å². The van der Waals surface area contributed by atoms with E-state index < -0.39 is 0 Å². The molecule has 0 radical (unpaired) electrons. The first kappa shape index (κ1) is 37.8. The molecule has 9 aromatic carbocycles. The van der Waals surface area contributed by atoms with Crippen molar-refractivity contribution < 1.29 is 9.52 Å². The van der Waals surface area contributed by atoms with Crippen LogP contribution in [0.4, 0.5) is 17.1 Å². The van der Waals surface area contributed by atoms with Gasteiger partial charge in [0.25, 0.3) is 0 Å². The Kier molecular flexibility index (Phi) is 9.83. The van der Waals surface area contributed by atoms with E-state index in [-0.39, 0.29) is 5.75 Å². The highest BCUT2D eigenvalue weighted by atomic mass is 16.3. The van der Waals surface area contributed by atoms with Crippen LogP contribution in [0.1, 0.15) is 18.4 Å². The second-order valence-corrected chi connectivity index (χ2v) is 16.1. The number of phenols is 1. The Hall–Kier alpha value is -8.14. The normalized spacial score (nSPS) is 12.4. The third-order valence-electron chi connectivity index (χ3n) is 12.2. The van der Waals surface area contributed by atoms with Crippen LogP contribution < -0.4 is 4.90 Å². The van der Waals surface area contributed by atoms with Gasteiger partial charge in [-0.3, -0.25) is 0 Å². The second kappa shape index (κ2) is 16.4. The van der Waals surface area contributed by atoms with Gasteiger partial charge in [0.15, 0.2) is 0 Å². The number of para-hydroxylation sites is 1. The molecule has 0 atom stereocenters. The van der Waals surface area contributed by atoms with Crippen LogP contribution in [0.2, 0.25) is 0 Å². The minimum absolute atomic E-state index is 0.218. The molecule has 11 rings (SSSR count). The fourth-order valence-corrected chi connectivity index (χ4v) is 9.15. The minimum Gasteiger partial charge on any atom is -0.507 e. The standard InChI is InChI=1S/C60H43NO2/c62-60-52(46-25-14-5-15-26-46)36-37-55(58(60)47-31-29-43(30-32-47)41-17-6-1-7-18-41)61(59-50(44-21-10-3-11-22-44)27-16-28-51(59)45-23-12-4-13-24-45)49-34-38-56-54(40-49)53-35-33-48(39-57(53)63-56)42-19-8-2-9-20-42/h1-3,5-12,14-40,62H,4,13H2. The van der Waals surface area contributed by atoms with Gasteiger partial charge >= 0.3 is 0 Å². The Morgan fingerprint density at radius 2 is 1.00 bits per heavy atom. The number of fused-ring (bicyclic) bond motifs is 3. The van der Waals surface area contributed by atoms with Crippen molar-refractivity contribution in [1.82, 2.24) is 0 Å². The molecule has 0 saturated carbocycles. The molecule has 0 amide bonds. The molecule has 0 saturated heterocycles. The summed E-state index contributed by atoms with van der Waals surface area (Å²) in [7, 11) is 0. The maximum absolute atomic E-state index is 12.8. The van der Waals surface area contributed by atoms with Crippen LogP contribution in [0, 0.1) is 0 Å². The van der Waals surface area contributed by atoms with Gasteiger partial charge in [0.1, 0.15) is 16.9 Å². The smallest absolute Gasteiger partial charge is 0.136 e. The third kappa shape index (κ3) is 7.10. The monoisotopic (exact) mass is 809 g/mol. The third-order valence-corrected chi connectivity index (χ3v) is 12.2. The molecule has 3 nitrogen and oxygen atoms in total. The number of furan rings is 1. The predicted octanol–water partition coefficient (Wildman–Crippen LogP) is 16.8. The molecule has 1 heterocycles. The number of hydrogen-bond acceptors (Lipinski definition) is 3. The first-order valence-electron chi connectivity index (χ1n) is 21.6. The van der Waals surface area contributed by atoms with E-state index in [9.17, 15) is 5.11 Å². The molecule has 0 fully saturated rings. The zero-order valence-corrected chi connectivity index (χ0v) is 34.7. The van der Waals surface area contributed by atoms with Crippen LogP contribution in [0.15, 0.2) is 235 Å². The van der Waals surface area contributed by atoms with Gasteiger partial charge in [0.2, 0.25) is 0 Å². The van der Waals surface area contributed by atoms with E-state index in [4.69, 9.17) is 4.42 Å². The first-order chi connectivity index (χ1) is 31.2. The molecular weight excluding hydrogens is 767 g/mol. The van der Waals surface area contributed by atoms with Gasteiger partial charge in [-0.2, -0.15) is 0 Å².